The number of piperazine rings is 1. The molecular weight excluding hydrogens is 1470 g/mol. The number of carboxylic acids is 10. The summed E-state index contributed by atoms with van der Waals surface area (Å²) in [5.74, 6) is -10.9. The minimum atomic E-state index is -1.52. The Morgan fingerprint density at radius 1 is 0.455 bits per heavy atom. The van der Waals surface area contributed by atoms with Crippen LogP contribution in [-0.4, -0.2) is 328 Å². The summed E-state index contributed by atoms with van der Waals surface area (Å²) in [5, 5.41) is 110. The van der Waals surface area contributed by atoms with Crippen LogP contribution < -0.4 is 31.5 Å². The van der Waals surface area contributed by atoms with Crippen molar-refractivity contribution >= 4 is 95.2 Å². The summed E-state index contributed by atoms with van der Waals surface area (Å²) >= 11 is 0. The molecule has 4 atom stereocenters. The maximum Gasteiger partial charge on any atom is 0.326 e. The maximum absolute atomic E-state index is 13.1. The number of amides is 3. The van der Waals surface area contributed by atoms with Gasteiger partial charge in [-0.15, -0.1) is 0 Å². The van der Waals surface area contributed by atoms with Gasteiger partial charge in [-0.1, -0.05) is 50.7 Å². The van der Waals surface area contributed by atoms with Gasteiger partial charge in [0.15, 0.2) is 0 Å². The third-order valence-electron chi connectivity index (χ3n) is 19.0. The van der Waals surface area contributed by atoms with E-state index in [4.69, 9.17) is 15.1 Å². The number of nitrogens with zero attached hydrogens (tertiary/aromatic N) is 14. The Bertz CT molecular complexity index is 3650. The van der Waals surface area contributed by atoms with Crippen LogP contribution in [0.2, 0.25) is 0 Å². The summed E-state index contributed by atoms with van der Waals surface area (Å²) < 4.78 is 2.97. The molecule has 2 saturated heterocycles. The average Bonchev–Trinajstić information content (AvgIpc) is 1.03. The van der Waals surface area contributed by atoms with Gasteiger partial charge in [0.25, 0.3) is 0 Å². The number of aromatic nitrogens is 7. The fourth-order valence-electron chi connectivity index (χ4n) is 13.2. The van der Waals surface area contributed by atoms with E-state index in [0.717, 1.165) is 57.1 Å². The number of carboxylic acid groups (broad SMARTS) is 10. The number of unbranched alkanes of at least 4 members (excludes halogenated alkanes) is 9. The number of carbonyl (C=O) groups is 12. The SMILES string of the molecule is O=C(O)CC[C@H](NC(=O)N[C@@H](CCCCNC(=O)CCCCCCCCCCN1CCN(c2nc(Nc3ccc(CC4CN(CC(=O)O)CCN(CC(=O)O)CCN(CC(=O)O)CCN4CC(=O)O)cc3)nc(N[C@@H](CCCCN(Cc3nccn3CC(=O)O)Cc3nccn3CC(=O)O)C(=O)O)n2)CC1)C(=O)O)C(=O)O. The van der Waals surface area contributed by atoms with Crippen molar-refractivity contribution in [2.24, 2.45) is 0 Å². The number of nitrogens with one attached hydrogen (secondary N) is 5. The van der Waals surface area contributed by atoms with Crippen molar-refractivity contribution < 1.29 is 109 Å². The normalized spacial score (nSPS) is 15.9. The van der Waals surface area contributed by atoms with Crippen LogP contribution in [0.5, 0.6) is 0 Å². The first-order valence-corrected chi connectivity index (χ1v) is 37.6. The molecular formula is C71H107N19O22. The molecule has 15 N–H and O–H groups in total. The zero-order valence-electron chi connectivity index (χ0n) is 62.8. The second kappa shape index (κ2) is 48.1. The Balaban J connectivity index is 1.06. The Hall–Kier alpha value is -10.7. The molecule has 0 spiro atoms. The molecule has 0 radical (unpaired) electrons. The van der Waals surface area contributed by atoms with Crippen molar-refractivity contribution in [1.82, 2.24) is 79.4 Å². The average molecular weight is 1580 g/mol. The molecule has 1 unspecified atom stereocenters. The fourth-order valence-corrected chi connectivity index (χ4v) is 13.2. The van der Waals surface area contributed by atoms with E-state index in [1.165, 1.54) is 21.5 Å². The molecule has 2 fully saturated rings. The number of carbonyl (C=O) groups excluding carboxylic acids is 2. The Morgan fingerprint density at radius 3 is 1.48 bits per heavy atom. The molecule has 618 valence electrons. The van der Waals surface area contributed by atoms with Crippen molar-refractivity contribution in [2.75, 3.05) is 133 Å². The van der Waals surface area contributed by atoms with Crippen molar-refractivity contribution in [3.8, 4) is 0 Å². The lowest BCUT2D eigenvalue weighted by Gasteiger charge is -2.37. The first-order chi connectivity index (χ1) is 53.5. The van der Waals surface area contributed by atoms with Crippen LogP contribution in [0.15, 0.2) is 49.1 Å². The van der Waals surface area contributed by atoms with E-state index in [1.54, 1.807) is 56.3 Å². The van der Waals surface area contributed by atoms with E-state index in [0.29, 0.717) is 95.1 Å². The van der Waals surface area contributed by atoms with Gasteiger partial charge < -0.3 is 91.7 Å². The van der Waals surface area contributed by atoms with E-state index >= 15 is 0 Å². The second-order valence-corrected chi connectivity index (χ2v) is 27.9. The molecule has 3 amide bonds. The minimum Gasteiger partial charge on any atom is -0.481 e. The van der Waals surface area contributed by atoms with Gasteiger partial charge in [0, 0.05) is 128 Å². The molecule has 5 heterocycles. The van der Waals surface area contributed by atoms with Gasteiger partial charge in [0.2, 0.25) is 23.8 Å². The van der Waals surface area contributed by atoms with Crippen LogP contribution in [0.4, 0.5) is 28.3 Å². The van der Waals surface area contributed by atoms with Crippen LogP contribution in [0, 0.1) is 0 Å². The van der Waals surface area contributed by atoms with Crippen molar-refractivity contribution in [3.05, 3.63) is 66.3 Å². The summed E-state index contributed by atoms with van der Waals surface area (Å²) in [4.78, 5) is 180. The van der Waals surface area contributed by atoms with E-state index in [1.807, 2.05) is 9.80 Å². The minimum absolute atomic E-state index is 0.0141. The Morgan fingerprint density at radius 2 is 0.938 bits per heavy atom. The molecule has 41 nitrogen and oxygen atoms in total. The van der Waals surface area contributed by atoms with Gasteiger partial charge in [-0.3, -0.25) is 67.8 Å². The summed E-state index contributed by atoms with van der Waals surface area (Å²) in [6, 6.07) is 1.34. The highest BCUT2D eigenvalue weighted by atomic mass is 16.4. The smallest absolute Gasteiger partial charge is 0.326 e. The molecule has 0 aliphatic carbocycles. The lowest BCUT2D eigenvalue weighted by atomic mass is 10.0. The Kier molecular flexibility index (Phi) is 38.7. The third-order valence-corrected chi connectivity index (χ3v) is 19.0. The second-order valence-electron chi connectivity index (χ2n) is 27.9. The summed E-state index contributed by atoms with van der Waals surface area (Å²) in [6.45, 7) is 2.75. The molecule has 2 aliphatic rings. The first-order valence-electron chi connectivity index (χ1n) is 37.6. The summed E-state index contributed by atoms with van der Waals surface area (Å²) in [7, 11) is 0. The van der Waals surface area contributed by atoms with Crippen molar-refractivity contribution in [2.45, 2.75) is 166 Å². The quantitative estimate of drug-likeness (QED) is 0.0278. The lowest BCUT2D eigenvalue weighted by molar-refractivity contribution is -0.142. The van der Waals surface area contributed by atoms with Gasteiger partial charge in [-0.25, -0.2) is 29.1 Å². The van der Waals surface area contributed by atoms with E-state index < -0.39 is 109 Å². The van der Waals surface area contributed by atoms with Gasteiger partial charge in [0.1, 0.15) is 42.9 Å². The molecule has 6 rings (SSSR count). The highest BCUT2D eigenvalue weighted by Crippen LogP contribution is 2.24. The van der Waals surface area contributed by atoms with E-state index in [9.17, 15) is 103 Å². The van der Waals surface area contributed by atoms with Crippen molar-refractivity contribution in [3.63, 3.8) is 0 Å². The summed E-state index contributed by atoms with van der Waals surface area (Å²) in [5.41, 5.74) is 1.22. The van der Waals surface area contributed by atoms with Crippen LogP contribution in [0.1, 0.15) is 126 Å². The standard InChI is InChI=1S/C71H107N19O22/c91-57(74-22-10-8-13-53(66(108)109)77-71(112)78-54(67(110)111)20-21-58(92)93)15-7-5-3-1-2-4-6-11-25-82-33-36-87(37-34-82)70-80-68(79-69(81-70)76-52(65(106)107)14-9-12-26-85(41-55-72-23-27-89(55)47-63(102)103)42-56-73-24-28-90(56)48-64(104)105)75-50-18-16-49(17-19-50)39-51-40-86(45-61(98)99)32-31-83(43-59(94)95)29-30-84(44-60(96)97)35-38-88(51)46-62(100)101/h16-19,23-24,27-28,51-54H,1-15,20-22,25-26,29-48H2,(H,74,91)(H,92,93)(H,94,95)(H,96,97)(H,98,99)(H,100,101)(H,102,103)(H,104,105)(H,106,107)(H,108,109)(H,110,111)(H2,77,78,112)(H2,75,76,79,80,81)/t51?,52-,53-,54-/m0/s1. The molecule has 0 saturated carbocycles. The fraction of sp³-hybridized carbons (Fsp3) is 0.620. The van der Waals surface area contributed by atoms with Crippen LogP contribution in [0.25, 0.3) is 0 Å². The largest absolute Gasteiger partial charge is 0.481 e. The van der Waals surface area contributed by atoms with Crippen LogP contribution in [0.3, 0.4) is 0 Å². The number of urea groups is 1. The molecule has 0 bridgehead atoms. The Labute approximate surface area is 646 Å². The maximum atomic E-state index is 13.1. The van der Waals surface area contributed by atoms with Crippen LogP contribution in [-0.2, 0) is 85.3 Å². The van der Waals surface area contributed by atoms with E-state index in [2.05, 4.69) is 46.4 Å². The van der Waals surface area contributed by atoms with Crippen molar-refractivity contribution in [1.29, 1.82) is 0 Å². The molecule has 2 aliphatic heterocycles. The lowest BCUT2D eigenvalue weighted by Crippen LogP contribution is -2.53. The number of hydrogen-bond donors (Lipinski definition) is 15. The predicted molar refractivity (Wildman–Crippen MR) is 400 cm³/mol. The van der Waals surface area contributed by atoms with Gasteiger partial charge >= 0.3 is 65.7 Å². The van der Waals surface area contributed by atoms with Gasteiger partial charge in [0.05, 0.1) is 39.3 Å². The topological polar surface area (TPSA) is 564 Å². The molecule has 112 heavy (non-hydrogen) atoms. The number of anilines is 4. The first kappa shape index (κ1) is 90.1. The third kappa shape index (κ3) is 35.1. The van der Waals surface area contributed by atoms with Gasteiger partial charge in [-0.05, 0) is 95.0 Å². The number of rotatable bonds is 52. The number of benzene rings is 1. The highest BCUT2D eigenvalue weighted by molar-refractivity contribution is 5.86. The monoisotopic (exact) mass is 1580 g/mol. The predicted octanol–water partition coefficient (Wildman–Crippen LogP) is 1.38. The number of aliphatic carboxylic acids is 10. The van der Waals surface area contributed by atoms with Crippen LogP contribution >= 0.6 is 0 Å². The molecule has 1 aromatic carbocycles. The summed E-state index contributed by atoms with van der Waals surface area (Å²) in [6.07, 6.45) is 15.0. The number of hydrogen-bond acceptors (Lipinski definition) is 26. The van der Waals surface area contributed by atoms with E-state index in [-0.39, 0.29) is 135 Å². The highest BCUT2D eigenvalue weighted by Gasteiger charge is 2.31. The zero-order valence-corrected chi connectivity index (χ0v) is 62.8. The molecule has 3 aromatic heterocycles. The zero-order chi connectivity index (χ0) is 81.5. The van der Waals surface area contributed by atoms with Gasteiger partial charge in [-0.2, -0.15) is 15.0 Å². The number of imidazole rings is 2. The molecule has 4 aromatic rings. The molecule has 41 heteroatoms.